The number of rotatable bonds is 6. The van der Waals surface area contributed by atoms with E-state index >= 15 is 0 Å². The molecule has 1 N–H and O–H groups in total. The fraction of sp³-hybridized carbons (Fsp3) is 0.300. The van der Waals surface area contributed by atoms with Crippen LogP contribution in [0.25, 0.3) is 0 Å². The van der Waals surface area contributed by atoms with Gasteiger partial charge in [-0.3, -0.25) is 9.59 Å². The number of nitrogens with zero attached hydrogens (tertiary/aromatic N) is 1. The molecule has 0 saturated carbocycles. The van der Waals surface area contributed by atoms with Gasteiger partial charge in [-0.15, -0.1) is 0 Å². The van der Waals surface area contributed by atoms with Crippen LogP contribution in [0.1, 0.15) is 18.9 Å². The molecule has 1 unspecified atom stereocenters. The van der Waals surface area contributed by atoms with Crippen molar-refractivity contribution in [3.05, 3.63) is 54.1 Å². The number of amides is 2. The number of fused-ring (bicyclic) bond motifs is 1. The van der Waals surface area contributed by atoms with Crippen LogP contribution in [-0.4, -0.2) is 31.6 Å². The maximum Gasteiger partial charge on any atom is 0.267 e. The number of carbonyl (C=O) groups excluding carboxylic acids is 2. The predicted octanol–water partition coefficient (Wildman–Crippen LogP) is 2.98. The van der Waals surface area contributed by atoms with Crippen LogP contribution in [0.15, 0.2) is 48.5 Å². The zero-order valence-corrected chi connectivity index (χ0v) is 14.9. The average molecular weight is 354 g/mol. The SMILES string of the molecule is COCc1cccc(NC(=O)CCN2C(=O)C(C)Oc3ccccc32)c1. The lowest BCUT2D eigenvalue weighted by molar-refractivity contribution is -0.125. The van der Waals surface area contributed by atoms with Gasteiger partial charge in [0.2, 0.25) is 5.91 Å². The summed E-state index contributed by atoms with van der Waals surface area (Å²) in [6.45, 7) is 2.50. The molecule has 1 aliphatic rings. The maximum absolute atomic E-state index is 12.4. The highest BCUT2D eigenvalue weighted by atomic mass is 16.5. The number of nitrogens with one attached hydrogen (secondary N) is 1. The Morgan fingerprint density at radius 2 is 2.04 bits per heavy atom. The minimum Gasteiger partial charge on any atom is -0.479 e. The predicted molar refractivity (Wildman–Crippen MR) is 99.3 cm³/mol. The highest BCUT2D eigenvalue weighted by Crippen LogP contribution is 2.33. The fourth-order valence-electron chi connectivity index (χ4n) is 2.93. The van der Waals surface area contributed by atoms with Crippen LogP contribution in [0.3, 0.4) is 0 Å². The maximum atomic E-state index is 12.4. The van der Waals surface area contributed by atoms with Crippen LogP contribution in [0.2, 0.25) is 0 Å². The second-order valence-corrected chi connectivity index (χ2v) is 6.15. The molecule has 1 heterocycles. The second-order valence-electron chi connectivity index (χ2n) is 6.15. The highest BCUT2D eigenvalue weighted by Gasteiger charge is 2.31. The third kappa shape index (κ3) is 4.03. The van der Waals surface area contributed by atoms with Crippen molar-refractivity contribution < 1.29 is 19.1 Å². The topological polar surface area (TPSA) is 67.9 Å². The van der Waals surface area contributed by atoms with Crippen molar-refractivity contribution in [1.29, 1.82) is 0 Å². The first kappa shape index (κ1) is 17.9. The van der Waals surface area contributed by atoms with E-state index in [4.69, 9.17) is 9.47 Å². The number of hydrogen-bond acceptors (Lipinski definition) is 4. The molecule has 1 aliphatic heterocycles. The normalized spacial score (nSPS) is 16.0. The summed E-state index contributed by atoms with van der Waals surface area (Å²) < 4.78 is 10.7. The summed E-state index contributed by atoms with van der Waals surface area (Å²) in [6.07, 6.45) is -0.361. The summed E-state index contributed by atoms with van der Waals surface area (Å²) in [5.41, 5.74) is 2.40. The molecule has 0 spiro atoms. The van der Waals surface area contributed by atoms with Gasteiger partial charge in [0.05, 0.1) is 12.3 Å². The number of para-hydroxylation sites is 2. The highest BCUT2D eigenvalue weighted by molar-refractivity contribution is 6.00. The standard InChI is InChI=1S/C20H22N2O4/c1-14-20(24)22(17-8-3-4-9-18(17)26-14)11-10-19(23)21-16-7-5-6-15(12-16)13-25-2/h3-9,12,14H,10-11,13H2,1-2H3,(H,21,23). The lowest BCUT2D eigenvalue weighted by Gasteiger charge is -2.32. The Morgan fingerprint density at radius 1 is 1.23 bits per heavy atom. The van der Waals surface area contributed by atoms with E-state index in [1.165, 1.54) is 0 Å². The Kier molecular flexibility index (Phi) is 5.53. The Hall–Kier alpha value is -2.86. The lowest BCUT2D eigenvalue weighted by Crippen LogP contribution is -2.45. The van der Waals surface area contributed by atoms with Crippen molar-refractivity contribution in [2.45, 2.75) is 26.1 Å². The van der Waals surface area contributed by atoms with Crippen molar-refractivity contribution in [3.63, 3.8) is 0 Å². The number of methoxy groups -OCH3 is 1. The van der Waals surface area contributed by atoms with E-state index in [1.807, 2.05) is 48.5 Å². The molecule has 2 aromatic carbocycles. The second kappa shape index (κ2) is 8.01. The van der Waals surface area contributed by atoms with Crippen LogP contribution in [-0.2, 0) is 20.9 Å². The van der Waals surface area contributed by atoms with Crippen molar-refractivity contribution in [2.24, 2.45) is 0 Å². The Bertz CT molecular complexity index is 806. The van der Waals surface area contributed by atoms with Crippen LogP contribution in [0.5, 0.6) is 5.75 Å². The Morgan fingerprint density at radius 3 is 2.85 bits per heavy atom. The summed E-state index contributed by atoms with van der Waals surface area (Å²) >= 11 is 0. The van der Waals surface area contributed by atoms with E-state index in [0.29, 0.717) is 30.3 Å². The molecular formula is C20H22N2O4. The Labute approximate surface area is 152 Å². The van der Waals surface area contributed by atoms with Gasteiger partial charge in [0.1, 0.15) is 5.75 Å². The smallest absolute Gasteiger partial charge is 0.267 e. The van der Waals surface area contributed by atoms with Crippen LogP contribution in [0, 0.1) is 0 Å². The molecule has 2 aromatic rings. The molecule has 0 radical (unpaired) electrons. The summed E-state index contributed by atoms with van der Waals surface area (Å²) in [4.78, 5) is 26.4. The van der Waals surface area contributed by atoms with Gasteiger partial charge < -0.3 is 19.7 Å². The third-order valence-electron chi connectivity index (χ3n) is 4.16. The lowest BCUT2D eigenvalue weighted by atomic mass is 10.1. The van der Waals surface area contributed by atoms with E-state index in [1.54, 1.807) is 18.9 Å². The van der Waals surface area contributed by atoms with Crippen molar-refractivity contribution in [2.75, 3.05) is 23.9 Å². The molecule has 0 bridgehead atoms. The molecule has 0 saturated heterocycles. The van der Waals surface area contributed by atoms with Crippen molar-refractivity contribution in [1.82, 2.24) is 0 Å². The first-order valence-corrected chi connectivity index (χ1v) is 8.53. The summed E-state index contributed by atoms with van der Waals surface area (Å²) in [6, 6.07) is 14.9. The molecule has 0 fully saturated rings. The Balaban J connectivity index is 1.64. The molecule has 136 valence electrons. The van der Waals surface area contributed by atoms with E-state index in [0.717, 1.165) is 5.56 Å². The van der Waals surface area contributed by atoms with Gasteiger partial charge in [-0.1, -0.05) is 24.3 Å². The number of benzene rings is 2. The number of ether oxygens (including phenoxy) is 2. The molecule has 6 nitrogen and oxygen atoms in total. The minimum absolute atomic E-state index is 0.140. The van der Waals surface area contributed by atoms with Gasteiger partial charge in [0, 0.05) is 25.8 Å². The molecule has 26 heavy (non-hydrogen) atoms. The van der Waals surface area contributed by atoms with E-state index in [9.17, 15) is 9.59 Å². The summed E-state index contributed by atoms with van der Waals surface area (Å²) in [5.74, 6) is 0.370. The molecule has 1 atom stereocenters. The van der Waals surface area contributed by atoms with E-state index in [-0.39, 0.29) is 18.2 Å². The van der Waals surface area contributed by atoms with Crippen molar-refractivity contribution >= 4 is 23.2 Å². The summed E-state index contributed by atoms with van der Waals surface area (Å²) in [5, 5.41) is 2.87. The van der Waals surface area contributed by atoms with Gasteiger partial charge >= 0.3 is 0 Å². The monoisotopic (exact) mass is 354 g/mol. The van der Waals surface area contributed by atoms with Gasteiger partial charge in [-0.05, 0) is 36.8 Å². The van der Waals surface area contributed by atoms with Gasteiger partial charge in [0.25, 0.3) is 5.91 Å². The number of carbonyl (C=O) groups is 2. The largest absolute Gasteiger partial charge is 0.479 e. The average Bonchev–Trinajstić information content (AvgIpc) is 2.63. The first-order valence-electron chi connectivity index (χ1n) is 8.53. The summed E-state index contributed by atoms with van der Waals surface area (Å²) in [7, 11) is 1.63. The number of anilines is 2. The molecule has 6 heteroatoms. The van der Waals surface area contributed by atoms with E-state index < -0.39 is 6.10 Å². The van der Waals surface area contributed by atoms with Crippen LogP contribution >= 0.6 is 0 Å². The van der Waals surface area contributed by atoms with E-state index in [2.05, 4.69) is 5.32 Å². The van der Waals surface area contributed by atoms with Gasteiger partial charge in [-0.2, -0.15) is 0 Å². The van der Waals surface area contributed by atoms with Crippen LogP contribution in [0.4, 0.5) is 11.4 Å². The van der Waals surface area contributed by atoms with Gasteiger partial charge in [0.15, 0.2) is 6.10 Å². The van der Waals surface area contributed by atoms with Gasteiger partial charge in [-0.25, -0.2) is 0 Å². The van der Waals surface area contributed by atoms with Crippen LogP contribution < -0.4 is 15.0 Å². The first-order chi connectivity index (χ1) is 12.6. The number of hydrogen-bond donors (Lipinski definition) is 1. The molecule has 3 rings (SSSR count). The molecule has 2 amide bonds. The zero-order chi connectivity index (χ0) is 18.5. The quantitative estimate of drug-likeness (QED) is 0.866. The zero-order valence-electron chi connectivity index (χ0n) is 14.9. The minimum atomic E-state index is -0.557. The molecule has 0 aromatic heterocycles. The fourth-order valence-corrected chi connectivity index (χ4v) is 2.93. The molecular weight excluding hydrogens is 332 g/mol. The molecule has 0 aliphatic carbocycles. The van der Waals surface area contributed by atoms with Crippen molar-refractivity contribution in [3.8, 4) is 5.75 Å². The third-order valence-corrected chi connectivity index (χ3v) is 4.16.